The van der Waals surface area contributed by atoms with Gasteiger partial charge < -0.3 is 19.5 Å². The van der Waals surface area contributed by atoms with Gasteiger partial charge in [-0.3, -0.25) is 4.79 Å². The number of hydrogen-bond donors (Lipinski definition) is 1. The first-order valence-electron chi connectivity index (χ1n) is 9.49. The molecule has 2 aromatic rings. The zero-order valence-corrected chi connectivity index (χ0v) is 15.2. The average molecular weight is 371 g/mol. The van der Waals surface area contributed by atoms with E-state index in [2.05, 4.69) is 16.8 Å². The fourth-order valence-corrected chi connectivity index (χ4v) is 4.79. The van der Waals surface area contributed by atoms with Crippen LogP contribution < -0.4 is 10.3 Å². The van der Waals surface area contributed by atoms with Crippen molar-refractivity contribution in [2.75, 3.05) is 31.6 Å². The van der Waals surface area contributed by atoms with Crippen LogP contribution >= 0.6 is 0 Å². The summed E-state index contributed by atoms with van der Waals surface area (Å²) in [7, 11) is 2.11. The normalized spacial score (nSPS) is 25.3. The lowest BCUT2D eigenvalue weighted by molar-refractivity contribution is 0.0695. The molecule has 6 nitrogen and oxygen atoms in total. The molecule has 3 aliphatic rings. The Morgan fingerprint density at radius 1 is 1.19 bits per heavy atom. The average Bonchev–Trinajstić information content (AvgIpc) is 3.42. The van der Waals surface area contributed by atoms with Gasteiger partial charge in [0.1, 0.15) is 11.4 Å². The van der Waals surface area contributed by atoms with Crippen molar-refractivity contribution in [1.29, 1.82) is 0 Å². The Morgan fingerprint density at radius 2 is 1.96 bits per heavy atom. The molecule has 1 aromatic carbocycles. The molecule has 1 saturated carbocycles. The lowest BCUT2D eigenvalue weighted by Gasteiger charge is -2.34. The highest BCUT2D eigenvalue weighted by atomic mass is 19.1. The highest BCUT2D eigenvalue weighted by Crippen LogP contribution is 2.39. The molecular weight excluding hydrogens is 349 g/mol. The number of halogens is 1. The molecule has 1 aromatic heterocycles. The molecule has 0 spiro atoms. The van der Waals surface area contributed by atoms with Gasteiger partial charge >= 0.3 is 5.97 Å². The molecular formula is C20H22FN3O3. The zero-order chi connectivity index (χ0) is 18.9. The number of aromatic nitrogens is 1. The van der Waals surface area contributed by atoms with Gasteiger partial charge in [0.25, 0.3) is 0 Å². The molecule has 2 bridgehead atoms. The number of carboxylic acids is 1. The Balaban J connectivity index is 1.66. The Bertz CT molecular complexity index is 1010. The highest BCUT2D eigenvalue weighted by molar-refractivity contribution is 5.93. The molecule has 27 heavy (non-hydrogen) atoms. The predicted molar refractivity (Wildman–Crippen MR) is 100 cm³/mol. The number of benzene rings is 1. The first-order chi connectivity index (χ1) is 12.9. The molecule has 2 atom stereocenters. The van der Waals surface area contributed by atoms with Gasteiger partial charge in [0.2, 0.25) is 5.43 Å². The third-order valence-electron chi connectivity index (χ3n) is 6.30. The topological polar surface area (TPSA) is 65.8 Å². The van der Waals surface area contributed by atoms with Crippen LogP contribution in [0.2, 0.25) is 0 Å². The quantitative estimate of drug-likeness (QED) is 0.897. The molecule has 1 aliphatic carbocycles. The van der Waals surface area contributed by atoms with E-state index in [-0.39, 0.29) is 17.0 Å². The number of rotatable bonds is 3. The van der Waals surface area contributed by atoms with Gasteiger partial charge in [0.15, 0.2) is 0 Å². The third kappa shape index (κ3) is 2.64. The van der Waals surface area contributed by atoms with Crippen LogP contribution in [0.1, 0.15) is 35.7 Å². The first kappa shape index (κ1) is 16.7. The van der Waals surface area contributed by atoms with E-state index in [4.69, 9.17) is 0 Å². The number of carbonyl (C=O) groups is 1. The van der Waals surface area contributed by atoms with Crippen LogP contribution in [0.3, 0.4) is 0 Å². The second-order valence-electron chi connectivity index (χ2n) is 8.24. The SMILES string of the molecule is CN1CC2CC1CN(c1cc3c(cc1F)c(=O)c(C(=O)O)cn3C1CC1)C2. The van der Waals surface area contributed by atoms with Crippen molar-refractivity contribution in [2.24, 2.45) is 5.92 Å². The second-order valence-corrected chi connectivity index (χ2v) is 8.24. The summed E-state index contributed by atoms with van der Waals surface area (Å²) < 4.78 is 16.8. The van der Waals surface area contributed by atoms with Gasteiger partial charge in [-0.15, -0.1) is 0 Å². The van der Waals surface area contributed by atoms with Crippen LogP contribution in [0, 0.1) is 11.7 Å². The summed E-state index contributed by atoms with van der Waals surface area (Å²) >= 11 is 0. The number of likely N-dealkylation sites (tertiary alicyclic amines) is 1. The number of aromatic carboxylic acids is 1. The molecule has 3 heterocycles. The number of likely N-dealkylation sites (N-methyl/N-ethyl adjacent to an activating group) is 1. The van der Waals surface area contributed by atoms with Gasteiger partial charge in [-0.1, -0.05) is 0 Å². The van der Waals surface area contributed by atoms with Crippen LogP contribution in [-0.4, -0.2) is 53.3 Å². The lowest BCUT2D eigenvalue weighted by atomic mass is 9.99. The number of anilines is 1. The maximum atomic E-state index is 15.0. The molecule has 2 unspecified atom stereocenters. The Hall–Kier alpha value is -2.41. The van der Waals surface area contributed by atoms with Gasteiger partial charge in [-0.25, -0.2) is 9.18 Å². The maximum Gasteiger partial charge on any atom is 0.341 e. The summed E-state index contributed by atoms with van der Waals surface area (Å²) in [5.41, 5.74) is 0.247. The van der Waals surface area contributed by atoms with Gasteiger partial charge in [-0.05, 0) is 44.4 Å². The summed E-state index contributed by atoms with van der Waals surface area (Å²) in [5, 5.41) is 9.50. The highest BCUT2D eigenvalue weighted by Gasteiger charge is 2.37. The fourth-order valence-electron chi connectivity index (χ4n) is 4.79. The molecule has 7 heteroatoms. The molecule has 0 radical (unpaired) electrons. The van der Waals surface area contributed by atoms with E-state index in [1.807, 2.05) is 4.57 Å². The van der Waals surface area contributed by atoms with E-state index < -0.39 is 17.2 Å². The molecule has 0 amide bonds. The van der Waals surface area contributed by atoms with Crippen LogP contribution in [-0.2, 0) is 0 Å². The molecule has 5 rings (SSSR count). The maximum absolute atomic E-state index is 15.0. The van der Waals surface area contributed by atoms with Crippen molar-refractivity contribution in [3.05, 3.63) is 39.9 Å². The summed E-state index contributed by atoms with van der Waals surface area (Å²) in [5.74, 6) is -1.19. The van der Waals surface area contributed by atoms with Crippen molar-refractivity contribution in [1.82, 2.24) is 9.47 Å². The lowest BCUT2D eigenvalue weighted by Crippen LogP contribution is -2.42. The molecule has 3 fully saturated rings. The van der Waals surface area contributed by atoms with E-state index in [9.17, 15) is 19.1 Å². The van der Waals surface area contributed by atoms with Crippen LogP contribution in [0.4, 0.5) is 10.1 Å². The number of fused-ring (bicyclic) bond motifs is 3. The van der Waals surface area contributed by atoms with Gasteiger partial charge in [-0.2, -0.15) is 0 Å². The van der Waals surface area contributed by atoms with Crippen LogP contribution in [0.15, 0.2) is 23.1 Å². The minimum Gasteiger partial charge on any atom is -0.477 e. The largest absolute Gasteiger partial charge is 0.477 e. The predicted octanol–water partition coefficient (Wildman–Crippen LogP) is 2.31. The van der Waals surface area contributed by atoms with Crippen molar-refractivity contribution < 1.29 is 14.3 Å². The summed E-state index contributed by atoms with van der Waals surface area (Å²) in [4.78, 5) is 28.5. The van der Waals surface area contributed by atoms with Gasteiger partial charge in [0, 0.05) is 43.3 Å². The number of carboxylic acid groups (broad SMARTS) is 1. The molecule has 1 N–H and O–H groups in total. The Labute approximate surface area is 155 Å². The summed E-state index contributed by atoms with van der Waals surface area (Å²) in [6.07, 6.45) is 4.47. The van der Waals surface area contributed by atoms with E-state index in [0.717, 1.165) is 38.9 Å². The van der Waals surface area contributed by atoms with E-state index in [1.165, 1.54) is 12.3 Å². The number of hydrogen-bond acceptors (Lipinski definition) is 4. The van der Waals surface area contributed by atoms with E-state index in [1.54, 1.807) is 6.07 Å². The fraction of sp³-hybridized carbons (Fsp3) is 0.500. The number of piperidine rings is 1. The van der Waals surface area contributed by atoms with Crippen molar-refractivity contribution in [3.8, 4) is 0 Å². The minimum absolute atomic E-state index is 0.153. The molecule has 2 saturated heterocycles. The zero-order valence-electron chi connectivity index (χ0n) is 15.2. The number of pyridine rings is 1. The Morgan fingerprint density at radius 3 is 2.63 bits per heavy atom. The van der Waals surface area contributed by atoms with Crippen molar-refractivity contribution in [2.45, 2.75) is 31.3 Å². The van der Waals surface area contributed by atoms with E-state index in [0.29, 0.717) is 23.2 Å². The number of nitrogens with zero attached hydrogens (tertiary/aromatic N) is 3. The van der Waals surface area contributed by atoms with Crippen LogP contribution in [0.5, 0.6) is 0 Å². The Kier molecular flexibility index (Phi) is 3.59. The van der Waals surface area contributed by atoms with Crippen LogP contribution in [0.25, 0.3) is 10.9 Å². The van der Waals surface area contributed by atoms with Crippen molar-refractivity contribution >= 4 is 22.6 Å². The monoisotopic (exact) mass is 371 g/mol. The second kappa shape index (κ2) is 5.79. The summed E-state index contributed by atoms with van der Waals surface area (Å²) in [6.45, 7) is 2.62. The molecule has 2 aliphatic heterocycles. The smallest absolute Gasteiger partial charge is 0.341 e. The summed E-state index contributed by atoms with van der Waals surface area (Å²) in [6, 6.07) is 3.60. The standard InChI is InChI=1S/C20H22FN3O3/c1-22-7-11-4-13(22)9-23(8-11)18-6-17-14(5-16(18)21)19(25)15(20(26)27)10-24(17)12-2-3-12/h5-6,10-13H,2-4,7-9H2,1H3,(H,26,27). The molecule has 142 valence electrons. The minimum atomic E-state index is -1.27. The first-order valence-corrected chi connectivity index (χ1v) is 9.49. The van der Waals surface area contributed by atoms with Crippen molar-refractivity contribution in [3.63, 3.8) is 0 Å². The third-order valence-corrected chi connectivity index (χ3v) is 6.30. The van der Waals surface area contributed by atoms with Gasteiger partial charge in [0.05, 0.1) is 11.2 Å². The van der Waals surface area contributed by atoms with E-state index >= 15 is 0 Å².